The van der Waals surface area contributed by atoms with Gasteiger partial charge in [0.25, 0.3) is 0 Å². The van der Waals surface area contributed by atoms with Crippen LogP contribution in [0.25, 0.3) is 11.3 Å². The van der Waals surface area contributed by atoms with Crippen LogP contribution in [0.3, 0.4) is 0 Å². The molecule has 0 saturated heterocycles. The van der Waals surface area contributed by atoms with Crippen LogP contribution in [0.5, 0.6) is 0 Å². The third-order valence-electron chi connectivity index (χ3n) is 3.34. The van der Waals surface area contributed by atoms with Crippen molar-refractivity contribution in [3.63, 3.8) is 0 Å². The second-order valence-electron chi connectivity index (χ2n) is 5.13. The van der Waals surface area contributed by atoms with E-state index >= 15 is 0 Å². The number of hydrogen-bond acceptors (Lipinski definition) is 4. The molecule has 0 aliphatic carbocycles. The molecule has 0 aliphatic heterocycles. The van der Waals surface area contributed by atoms with Gasteiger partial charge in [-0.2, -0.15) is 11.3 Å². The van der Waals surface area contributed by atoms with Gasteiger partial charge in [-0.25, -0.2) is 13.1 Å². The Kier molecular flexibility index (Phi) is 4.85. The zero-order chi connectivity index (χ0) is 16.1. The van der Waals surface area contributed by atoms with Crippen LogP contribution in [0.4, 0.5) is 0 Å². The first-order valence-corrected chi connectivity index (χ1v) is 9.71. The summed E-state index contributed by atoms with van der Waals surface area (Å²) in [7, 11) is -3.37. The highest BCUT2D eigenvalue weighted by molar-refractivity contribution is 7.88. The largest absolute Gasteiger partial charge is 0.256 e. The normalized spacial score (nSPS) is 11.5. The summed E-state index contributed by atoms with van der Waals surface area (Å²) in [5, 5.41) is 4.01. The minimum absolute atomic E-state index is 0.0175. The fourth-order valence-electron chi connectivity index (χ4n) is 2.19. The summed E-state index contributed by atoms with van der Waals surface area (Å²) >= 11 is 1.61. The number of nitrogens with one attached hydrogen (secondary N) is 1. The maximum Gasteiger partial charge on any atom is 0.216 e. The van der Waals surface area contributed by atoms with Crippen molar-refractivity contribution in [1.29, 1.82) is 0 Å². The van der Waals surface area contributed by atoms with Crippen LogP contribution in [0.2, 0.25) is 0 Å². The number of benzene rings is 1. The molecule has 0 fully saturated rings. The molecule has 1 aromatic carbocycles. The van der Waals surface area contributed by atoms with Gasteiger partial charge in [0.15, 0.2) is 0 Å². The fraction of sp³-hybridized carbons (Fsp3) is 0.118. The van der Waals surface area contributed by atoms with E-state index in [1.165, 1.54) is 0 Å². The summed E-state index contributed by atoms with van der Waals surface area (Å²) in [6.45, 7) is 0.259. The van der Waals surface area contributed by atoms with Gasteiger partial charge in [-0.15, -0.1) is 0 Å². The molecule has 23 heavy (non-hydrogen) atoms. The van der Waals surface area contributed by atoms with Crippen molar-refractivity contribution >= 4 is 21.4 Å². The number of rotatable bonds is 6. The summed E-state index contributed by atoms with van der Waals surface area (Å²) in [6, 6.07) is 14.9. The highest BCUT2D eigenvalue weighted by atomic mass is 32.2. The molecular formula is C17H16N2O2S2. The Bertz CT molecular complexity index is 861. The van der Waals surface area contributed by atoms with Gasteiger partial charge in [-0.05, 0) is 34.7 Å². The lowest BCUT2D eigenvalue weighted by Gasteiger charge is -2.08. The summed E-state index contributed by atoms with van der Waals surface area (Å²) in [6.07, 6.45) is 1.70. The maximum absolute atomic E-state index is 12.2. The zero-order valence-electron chi connectivity index (χ0n) is 12.3. The summed E-state index contributed by atoms with van der Waals surface area (Å²) in [4.78, 5) is 4.32. The number of thiophene rings is 1. The molecule has 0 unspecified atom stereocenters. The molecule has 0 saturated carbocycles. The SMILES string of the molecule is O=S(=O)(Cc1ccccc1)NCc1ccnc(-c2ccsc2)c1. The maximum atomic E-state index is 12.2. The number of nitrogens with zero attached hydrogens (tertiary/aromatic N) is 1. The molecule has 2 heterocycles. The molecule has 6 heteroatoms. The summed E-state index contributed by atoms with van der Waals surface area (Å²) < 4.78 is 27.0. The Morgan fingerprint density at radius 2 is 1.87 bits per heavy atom. The molecule has 2 aromatic heterocycles. The number of pyridine rings is 1. The topological polar surface area (TPSA) is 59.1 Å². The highest BCUT2D eigenvalue weighted by Crippen LogP contribution is 2.20. The first kappa shape index (κ1) is 15.9. The summed E-state index contributed by atoms with van der Waals surface area (Å²) in [5.74, 6) is -0.0175. The molecule has 0 aliphatic rings. The number of sulfonamides is 1. The van der Waals surface area contributed by atoms with Crippen molar-refractivity contribution in [2.24, 2.45) is 0 Å². The van der Waals surface area contributed by atoms with Gasteiger partial charge >= 0.3 is 0 Å². The molecule has 118 valence electrons. The smallest absolute Gasteiger partial charge is 0.216 e. The first-order chi connectivity index (χ1) is 11.1. The Morgan fingerprint density at radius 1 is 1.04 bits per heavy atom. The minimum atomic E-state index is -3.37. The van der Waals surface area contributed by atoms with Gasteiger partial charge in [0.1, 0.15) is 0 Å². The standard InChI is InChI=1S/C17H16N2O2S2/c20-23(21,13-14-4-2-1-3-5-14)19-11-15-6-8-18-17(10-15)16-7-9-22-12-16/h1-10,12,19H,11,13H2. The van der Waals surface area contributed by atoms with E-state index in [1.54, 1.807) is 29.7 Å². The predicted octanol–water partition coefficient (Wildman–Crippen LogP) is 3.43. The van der Waals surface area contributed by atoms with Gasteiger partial charge in [-0.1, -0.05) is 30.3 Å². The first-order valence-electron chi connectivity index (χ1n) is 7.11. The van der Waals surface area contributed by atoms with Crippen molar-refractivity contribution in [3.05, 3.63) is 76.6 Å². The molecule has 0 amide bonds. The van der Waals surface area contributed by atoms with E-state index in [2.05, 4.69) is 9.71 Å². The lowest BCUT2D eigenvalue weighted by Crippen LogP contribution is -2.24. The average molecular weight is 344 g/mol. The predicted molar refractivity (Wildman–Crippen MR) is 93.5 cm³/mol. The van der Waals surface area contributed by atoms with Gasteiger partial charge in [0, 0.05) is 23.7 Å². The highest BCUT2D eigenvalue weighted by Gasteiger charge is 2.11. The van der Waals surface area contributed by atoms with Crippen molar-refractivity contribution in [2.75, 3.05) is 0 Å². The van der Waals surface area contributed by atoms with Gasteiger partial charge in [-0.3, -0.25) is 4.98 Å². The van der Waals surface area contributed by atoms with Crippen molar-refractivity contribution in [3.8, 4) is 11.3 Å². The molecule has 0 atom stereocenters. The second kappa shape index (κ2) is 7.04. The van der Waals surface area contributed by atoms with Crippen LogP contribution in [-0.2, 0) is 22.3 Å². The molecule has 0 bridgehead atoms. The Labute approximate surface area is 139 Å². The van der Waals surface area contributed by atoms with Crippen LogP contribution in [-0.4, -0.2) is 13.4 Å². The summed E-state index contributed by atoms with van der Waals surface area (Å²) in [5.41, 5.74) is 3.56. The molecule has 0 radical (unpaired) electrons. The van der Waals surface area contributed by atoms with Crippen LogP contribution in [0, 0.1) is 0 Å². The van der Waals surface area contributed by atoms with E-state index < -0.39 is 10.0 Å². The number of hydrogen-bond donors (Lipinski definition) is 1. The second-order valence-corrected chi connectivity index (χ2v) is 7.71. The molecule has 3 aromatic rings. The third kappa shape index (κ3) is 4.48. The van der Waals surface area contributed by atoms with Crippen LogP contribution >= 0.6 is 11.3 Å². The van der Waals surface area contributed by atoms with Crippen molar-refractivity contribution in [1.82, 2.24) is 9.71 Å². The van der Waals surface area contributed by atoms with E-state index in [-0.39, 0.29) is 12.3 Å². The molecule has 0 spiro atoms. The number of aromatic nitrogens is 1. The van der Waals surface area contributed by atoms with E-state index in [0.717, 1.165) is 22.4 Å². The van der Waals surface area contributed by atoms with E-state index in [1.807, 2.05) is 47.2 Å². The minimum Gasteiger partial charge on any atom is -0.256 e. The molecule has 4 nitrogen and oxygen atoms in total. The van der Waals surface area contributed by atoms with Crippen molar-refractivity contribution < 1.29 is 8.42 Å². The van der Waals surface area contributed by atoms with Crippen LogP contribution in [0.1, 0.15) is 11.1 Å². The average Bonchev–Trinajstić information content (AvgIpc) is 3.08. The lowest BCUT2D eigenvalue weighted by atomic mass is 10.1. The lowest BCUT2D eigenvalue weighted by molar-refractivity contribution is 0.580. The molecule has 1 N–H and O–H groups in total. The van der Waals surface area contributed by atoms with Gasteiger partial charge < -0.3 is 0 Å². The Hall–Kier alpha value is -2.02. The monoisotopic (exact) mass is 344 g/mol. The van der Waals surface area contributed by atoms with Gasteiger partial charge in [0.2, 0.25) is 10.0 Å². The van der Waals surface area contributed by atoms with Crippen LogP contribution < -0.4 is 4.72 Å². The van der Waals surface area contributed by atoms with Crippen LogP contribution in [0.15, 0.2) is 65.5 Å². The van der Waals surface area contributed by atoms with E-state index in [0.29, 0.717) is 0 Å². The Morgan fingerprint density at radius 3 is 2.61 bits per heavy atom. The van der Waals surface area contributed by atoms with E-state index in [9.17, 15) is 8.42 Å². The molecular weight excluding hydrogens is 328 g/mol. The molecule has 3 rings (SSSR count). The van der Waals surface area contributed by atoms with Gasteiger partial charge in [0.05, 0.1) is 11.4 Å². The zero-order valence-corrected chi connectivity index (χ0v) is 14.0. The third-order valence-corrected chi connectivity index (χ3v) is 5.32. The van der Waals surface area contributed by atoms with Crippen molar-refractivity contribution in [2.45, 2.75) is 12.3 Å². The fourth-order valence-corrected chi connectivity index (χ4v) is 3.96. The Balaban J connectivity index is 1.67. The quantitative estimate of drug-likeness (QED) is 0.745. The van der Waals surface area contributed by atoms with E-state index in [4.69, 9.17) is 0 Å².